The van der Waals surface area contributed by atoms with E-state index in [0.29, 0.717) is 35.6 Å². The highest BCUT2D eigenvalue weighted by Crippen LogP contribution is 2.37. The third-order valence-corrected chi connectivity index (χ3v) is 6.99. The Morgan fingerprint density at radius 2 is 1.71 bits per heavy atom. The molecule has 0 spiro atoms. The SMILES string of the molecule is COC(=O)CCc1ccc(C(=Nc2ccc(N(CCCN(C)C)C(C)=O)cc2)C2C(=O)Nc3cc(F)ccc32)cc1. The lowest BCUT2D eigenvalue weighted by Crippen LogP contribution is -2.31. The molecule has 214 valence electrons. The van der Waals surface area contributed by atoms with Crippen LogP contribution in [0.25, 0.3) is 0 Å². The van der Waals surface area contributed by atoms with Gasteiger partial charge in [0.25, 0.3) is 0 Å². The van der Waals surface area contributed by atoms with E-state index >= 15 is 0 Å². The molecule has 4 rings (SSSR count). The lowest BCUT2D eigenvalue weighted by molar-refractivity contribution is -0.140. The summed E-state index contributed by atoms with van der Waals surface area (Å²) >= 11 is 0. The van der Waals surface area contributed by atoms with Crippen molar-refractivity contribution in [3.05, 3.63) is 89.2 Å². The summed E-state index contributed by atoms with van der Waals surface area (Å²) in [5, 5.41) is 2.78. The van der Waals surface area contributed by atoms with Gasteiger partial charge in [0.2, 0.25) is 11.8 Å². The Hall–Kier alpha value is -4.37. The number of benzene rings is 3. The number of aryl methyl sites for hydroxylation is 1. The van der Waals surface area contributed by atoms with Gasteiger partial charge in [-0.1, -0.05) is 30.3 Å². The van der Waals surface area contributed by atoms with E-state index in [0.717, 1.165) is 29.8 Å². The van der Waals surface area contributed by atoms with Crippen LogP contribution in [0.2, 0.25) is 0 Å². The summed E-state index contributed by atoms with van der Waals surface area (Å²) in [6.07, 6.45) is 1.62. The molecule has 0 fully saturated rings. The smallest absolute Gasteiger partial charge is 0.305 e. The van der Waals surface area contributed by atoms with Crippen LogP contribution in [0.5, 0.6) is 0 Å². The Morgan fingerprint density at radius 3 is 2.34 bits per heavy atom. The minimum Gasteiger partial charge on any atom is -0.469 e. The fourth-order valence-corrected chi connectivity index (χ4v) is 4.85. The highest BCUT2D eigenvalue weighted by Gasteiger charge is 2.35. The van der Waals surface area contributed by atoms with Gasteiger partial charge in [0.15, 0.2) is 0 Å². The zero-order chi connectivity index (χ0) is 29.5. The molecule has 8 nitrogen and oxygen atoms in total. The van der Waals surface area contributed by atoms with Crippen molar-refractivity contribution in [1.82, 2.24) is 4.90 Å². The molecular formula is C32H35FN4O4. The summed E-state index contributed by atoms with van der Waals surface area (Å²) in [6.45, 7) is 3.01. The van der Waals surface area contributed by atoms with Crippen molar-refractivity contribution in [3.63, 3.8) is 0 Å². The summed E-state index contributed by atoms with van der Waals surface area (Å²) in [4.78, 5) is 45.8. The first kappa shape index (κ1) is 29.6. The van der Waals surface area contributed by atoms with Crippen molar-refractivity contribution in [2.75, 3.05) is 44.5 Å². The molecule has 1 atom stereocenters. The Labute approximate surface area is 239 Å². The van der Waals surface area contributed by atoms with Gasteiger partial charge in [-0.2, -0.15) is 0 Å². The van der Waals surface area contributed by atoms with Gasteiger partial charge in [-0.3, -0.25) is 19.4 Å². The molecule has 0 saturated heterocycles. The summed E-state index contributed by atoms with van der Waals surface area (Å²) in [5.41, 5.74) is 4.62. The maximum absolute atomic E-state index is 13.9. The summed E-state index contributed by atoms with van der Waals surface area (Å²) in [7, 11) is 5.36. The highest BCUT2D eigenvalue weighted by molar-refractivity contribution is 6.24. The molecule has 0 aliphatic carbocycles. The van der Waals surface area contributed by atoms with E-state index in [1.807, 2.05) is 62.6 Å². The summed E-state index contributed by atoms with van der Waals surface area (Å²) in [5.74, 6) is -1.80. The van der Waals surface area contributed by atoms with Gasteiger partial charge in [0.05, 0.1) is 18.5 Å². The maximum atomic E-state index is 13.9. The van der Waals surface area contributed by atoms with Crippen LogP contribution in [0.3, 0.4) is 0 Å². The molecule has 3 aromatic carbocycles. The van der Waals surface area contributed by atoms with E-state index in [4.69, 9.17) is 9.73 Å². The van der Waals surface area contributed by atoms with E-state index < -0.39 is 11.7 Å². The molecule has 41 heavy (non-hydrogen) atoms. The number of hydrogen-bond acceptors (Lipinski definition) is 6. The van der Waals surface area contributed by atoms with Crippen molar-refractivity contribution in [2.45, 2.75) is 32.1 Å². The standard InChI is InChI=1S/C32H35FN4O4/c1-21(38)37(19-5-18-36(2)3)26-14-12-25(13-15-26)34-31(23-9-6-22(7-10-23)8-17-29(39)41-4)30-27-16-11-24(33)20-28(27)35-32(30)40/h6-7,9-16,20,30H,5,8,17-19H2,1-4H3,(H,35,40). The number of nitrogens with one attached hydrogen (secondary N) is 1. The van der Waals surface area contributed by atoms with Crippen LogP contribution in [-0.2, 0) is 25.5 Å². The largest absolute Gasteiger partial charge is 0.469 e. The van der Waals surface area contributed by atoms with Gasteiger partial charge in [-0.05, 0) is 86.6 Å². The molecule has 1 unspecified atom stereocenters. The number of halogens is 1. The topological polar surface area (TPSA) is 91.3 Å². The molecule has 9 heteroatoms. The molecule has 2 amide bonds. The third-order valence-electron chi connectivity index (χ3n) is 6.99. The van der Waals surface area contributed by atoms with Gasteiger partial charge in [0, 0.05) is 31.3 Å². The number of hydrogen-bond donors (Lipinski definition) is 1. The monoisotopic (exact) mass is 558 g/mol. The van der Waals surface area contributed by atoms with Gasteiger partial charge in [-0.25, -0.2) is 4.39 Å². The van der Waals surface area contributed by atoms with Crippen LogP contribution < -0.4 is 10.2 Å². The van der Waals surface area contributed by atoms with Gasteiger partial charge in [-0.15, -0.1) is 0 Å². The van der Waals surface area contributed by atoms with Crippen molar-refractivity contribution >= 4 is 40.6 Å². The van der Waals surface area contributed by atoms with Gasteiger partial charge in [0.1, 0.15) is 11.7 Å². The van der Waals surface area contributed by atoms with Crippen molar-refractivity contribution in [1.29, 1.82) is 0 Å². The number of carbonyl (C=O) groups is 3. The Bertz CT molecular complexity index is 1440. The average molecular weight is 559 g/mol. The highest BCUT2D eigenvalue weighted by atomic mass is 19.1. The molecule has 0 aromatic heterocycles. The lowest BCUT2D eigenvalue weighted by atomic mass is 9.90. The summed E-state index contributed by atoms with van der Waals surface area (Å²) < 4.78 is 18.7. The number of aliphatic imine (C=N–C) groups is 1. The number of ether oxygens (including phenoxy) is 1. The van der Waals surface area contributed by atoms with E-state index in [1.54, 1.807) is 17.9 Å². The number of amides is 2. The number of nitrogens with zero attached hydrogens (tertiary/aromatic N) is 3. The zero-order valence-electron chi connectivity index (χ0n) is 23.8. The Kier molecular flexibility index (Phi) is 9.62. The number of anilines is 2. The van der Waals surface area contributed by atoms with E-state index in [-0.39, 0.29) is 24.2 Å². The molecule has 0 bridgehead atoms. The predicted molar refractivity (Wildman–Crippen MR) is 158 cm³/mol. The number of carbonyl (C=O) groups excluding carboxylic acids is 3. The lowest BCUT2D eigenvalue weighted by Gasteiger charge is -2.22. The molecule has 1 aliphatic rings. The number of methoxy groups -OCH3 is 1. The van der Waals surface area contributed by atoms with E-state index in [2.05, 4.69) is 10.2 Å². The van der Waals surface area contributed by atoms with Crippen molar-refractivity contribution < 1.29 is 23.5 Å². The predicted octanol–water partition coefficient (Wildman–Crippen LogP) is 5.09. The van der Waals surface area contributed by atoms with E-state index in [9.17, 15) is 18.8 Å². The Balaban J connectivity index is 1.68. The number of esters is 1. The second-order valence-electron chi connectivity index (χ2n) is 10.3. The molecule has 1 aliphatic heterocycles. The van der Waals surface area contributed by atoms with Crippen molar-refractivity contribution in [2.24, 2.45) is 4.99 Å². The average Bonchev–Trinajstić information content (AvgIpc) is 3.27. The third kappa shape index (κ3) is 7.43. The molecular weight excluding hydrogens is 523 g/mol. The van der Waals surface area contributed by atoms with Crippen molar-refractivity contribution in [3.8, 4) is 0 Å². The fourth-order valence-electron chi connectivity index (χ4n) is 4.85. The second-order valence-corrected chi connectivity index (χ2v) is 10.3. The first-order valence-electron chi connectivity index (χ1n) is 13.5. The quantitative estimate of drug-likeness (QED) is 0.261. The van der Waals surface area contributed by atoms with Crippen LogP contribution in [0, 0.1) is 5.82 Å². The Morgan fingerprint density at radius 1 is 1.00 bits per heavy atom. The van der Waals surface area contributed by atoms with Crippen LogP contribution in [0.15, 0.2) is 71.7 Å². The fraction of sp³-hybridized carbons (Fsp3) is 0.312. The normalized spacial score (nSPS) is 14.5. The molecule has 0 radical (unpaired) electrons. The number of fused-ring (bicyclic) bond motifs is 1. The molecule has 0 saturated carbocycles. The molecule has 1 N–H and O–H groups in total. The number of rotatable bonds is 11. The van der Waals surface area contributed by atoms with Gasteiger partial charge < -0.3 is 19.9 Å². The molecule has 1 heterocycles. The van der Waals surface area contributed by atoms with Crippen LogP contribution in [-0.4, -0.2) is 62.7 Å². The van der Waals surface area contributed by atoms with E-state index in [1.165, 1.54) is 19.2 Å². The maximum Gasteiger partial charge on any atom is 0.305 e. The van der Waals surface area contributed by atoms with Crippen LogP contribution in [0.4, 0.5) is 21.5 Å². The van der Waals surface area contributed by atoms with Crippen LogP contribution >= 0.6 is 0 Å². The first-order chi connectivity index (χ1) is 19.7. The second kappa shape index (κ2) is 13.3. The first-order valence-corrected chi connectivity index (χ1v) is 13.5. The minimum atomic E-state index is -0.744. The van der Waals surface area contributed by atoms with Crippen LogP contribution in [0.1, 0.15) is 42.4 Å². The summed E-state index contributed by atoms with van der Waals surface area (Å²) in [6, 6.07) is 19.1. The molecule has 3 aromatic rings. The zero-order valence-corrected chi connectivity index (χ0v) is 23.8. The minimum absolute atomic E-state index is 0.0422. The van der Waals surface area contributed by atoms with Gasteiger partial charge >= 0.3 is 5.97 Å².